The van der Waals surface area contributed by atoms with Gasteiger partial charge in [-0.05, 0) is 18.2 Å². The number of nitrogens with two attached hydrogens (primary N) is 1. The third-order valence-corrected chi connectivity index (χ3v) is 2.53. The van der Waals surface area contributed by atoms with Gasteiger partial charge in [-0.25, -0.2) is 4.68 Å². The monoisotopic (exact) mass is 282 g/mol. The maximum Gasteiger partial charge on any atom is 0.331 e. The summed E-state index contributed by atoms with van der Waals surface area (Å²) >= 11 is 3.30. The molecule has 0 saturated carbocycles. The second-order valence-corrected chi connectivity index (χ2v) is 3.98. The highest BCUT2D eigenvalue weighted by Crippen LogP contribution is 2.24. The van der Waals surface area contributed by atoms with Gasteiger partial charge in [-0.3, -0.25) is 10.1 Å². The minimum atomic E-state index is -0.559. The topological polar surface area (TPSA) is 87.0 Å². The number of rotatable bonds is 2. The van der Waals surface area contributed by atoms with E-state index in [-0.39, 0.29) is 11.5 Å². The van der Waals surface area contributed by atoms with E-state index in [0.29, 0.717) is 5.69 Å². The largest absolute Gasteiger partial charge is 0.378 e. The number of nitrogen functional groups attached to an aromatic ring is 1. The van der Waals surface area contributed by atoms with E-state index in [4.69, 9.17) is 5.73 Å². The van der Waals surface area contributed by atoms with Crippen LogP contribution in [0.5, 0.6) is 0 Å². The fourth-order valence-electron chi connectivity index (χ4n) is 1.30. The summed E-state index contributed by atoms with van der Waals surface area (Å²) in [5, 5.41) is 14.5. The molecule has 0 fully saturated rings. The Morgan fingerprint density at radius 1 is 1.50 bits per heavy atom. The summed E-state index contributed by atoms with van der Waals surface area (Å²) in [5.41, 5.74) is 6.10. The molecular formula is C9H7BrN4O2. The molecule has 1 aromatic carbocycles. The van der Waals surface area contributed by atoms with Crippen molar-refractivity contribution in [3.8, 4) is 5.69 Å². The molecule has 0 bridgehead atoms. The van der Waals surface area contributed by atoms with Crippen LogP contribution < -0.4 is 5.73 Å². The summed E-state index contributed by atoms with van der Waals surface area (Å²) in [6.07, 6.45) is 1.14. The van der Waals surface area contributed by atoms with Crippen LogP contribution in [-0.2, 0) is 0 Å². The third kappa shape index (κ3) is 1.76. The number of hydrogen-bond donors (Lipinski definition) is 1. The lowest BCUT2D eigenvalue weighted by Crippen LogP contribution is -2.02. The van der Waals surface area contributed by atoms with E-state index in [9.17, 15) is 10.1 Å². The summed E-state index contributed by atoms with van der Waals surface area (Å²) in [4.78, 5) is 10.0. The first-order valence-electron chi connectivity index (χ1n) is 4.33. The molecule has 7 heteroatoms. The average molecular weight is 283 g/mol. The number of nitro groups is 1. The molecule has 2 rings (SSSR count). The molecule has 0 amide bonds. The summed E-state index contributed by atoms with van der Waals surface area (Å²) in [5.74, 6) is 0.0168. The van der Waals surface area contributed by atoms with E-state index >= 15 is 0 Å². The van der Waals surface area contributed by atoms with Gasteiger partial charge >= 0.3 is 5.69 Å². The Kier molecular flexibility index (Phi) is 2.61. The quantitative estimate of drug-likeness (QED) is 0.675. The van der Waals surface area contributed by atoms with Gasteiger partial charge in [0.1, 0.15) is 6.20 Å². The number of nitrogens with zero attached hydrogens (tertiary/aromatic N) is 3. The standard InChI is InChI=1S/C9H7BrN4O2/c10-6-2-1-3-7(4-6)13-9(11)8(5-12-13)14(15)16/h1-5H,11H2. The van der Waals surface area contributed by atoms with Gasteiger partial charge in [-0.2, -0.15) is 5.10 Å². The summed E-state index contributed by atoms with van der Waals surface area (Å²) in [6.45, 7) is 0. The Balaban J connectivity index is 2.53. The molecule has 0 spiro atoms. The highest BCUT2D eigenvalue weighted by Gasteiger charge is 2.18. The van der Waals surface area contributed by atoms with Gasteiger partial charge in [-0.1, -0.05) is 22.0 Å². The van der Waals surface area contributed by atoms with Gasteiger partial charge in [0.2, 0.25) is 5.82 Å². The van der Waals surface area contributed by atoms with Crippen LogP contribution in [0.1, 0.15) is 0 Å². The highest BCUT2D eigenvalue weighted by molar-refractivity contribution is 9.10. The predicted molar refractivity (Wildman–Crippen MR) is 62.3 cm³/mol. The van der Waals surface area contributed by atoms with Crippen molar-refractivity contribution in [2.24, 2.45) is 0 Å². The van der Waals surface area contributed by atoms with E-state index in [1.807, 2.05) is 6.07 Å². The zero-order chi connectivity index (χ0) is 11.7. The van der Waals surface area contributed by atoms with Crippen molar-refractivity contribution in [1.82, 2.24) is 9.78 Å². The fraction of sp³-hybridized carbons (Fsp3) is 0. The number of halogens is 1. The first kappa shape index (κ1) is 10.6. The molecule has 2 aromatic rings. The van der Waals surface area contributed by atoms with Crippen molar-refractivity contribution in [2.75, 3.05) is 5.73 Å². The minimum Gasteiger partial charge on any atom is -0.378 e. The molecule has 82 valence electrons. The van der Waals surface area contributed by atoms with Crippen molar-refractivity contribution >= 4 is 27.4 Å². The van der Waals surface area contributed by atoms with Crippen LogP contribution >= 0.6 is 15.9 Å². The lowest BCUT2D eigenvalue weighted by atomic mass is 10.3. The Morgan fingerprint density at radius 2 is 2.25 bits per heavy atom. The molecule has 0 aliphatic heterocycles. The number of aromatic nitrogens is 2. The van der Waals surface area contributed by atoms with Crippen molar-refractivity contribution < 1.29 is 4.92 Å². The number of anilines is 1. The van der Waals surface area contributed by atoms with Gasteiger partial charge < -0.3 is 5.73 Å². The van der Waals surface area contributed by atoms with Crippen molar-refractivity contribution in [3.05, 3.63) is 45.0 Å². The third-order valence-electron chi connectivity index (χ3n) is 2.04. The lowest BCUT2D eigenvalue weighted by Gasteiger charge is -2.03. The molecule has 1 heterocycles. The van der Waals surface area contributed by atoms with Crippen LogP contribution in [0.15, 0.2) is 34.9 Å². The van der Waals surface area contributed by atoms with Crippen LogP contribution in [0, 0.1) is 10.1 Å². The first-order chi connectivity index (χ1) is 7.59. The van der Waals surface area contributed by atoms with Crippen molar-refractivity contribution in [3.63, 3.8) is 0 Å². The van der Waals surface area contributed by atoms with E-state index in [1.165, 1.54) is 4.68 Å². The number of benzene rings is 1. The van der Waals surface area contributed by atoms with Gasteiger partial charge in [-0.15, -0.1) is 0 Å². The second kappa shape index (κ2) is 3.93. The smallest absolute Gasteiger partial charge is 0.331 e. The zero-order valence-corrected chi connectivity index (χ0v) is 9.59. The van der Waals surface area contributed by atoms with Gasteiger partial charge in [0.25, 0.3) is 0 Å². The van der Waals surface area contributed by atoms with Crippen molar-refractivity contribution in [1.29, 1.82) is 0 Å². The van der Waals surface area contributed by atoms with Crippen molar-refractivity contribution in [2.45, 2.75) is 0 Å². The molecule has 16 heavy (non-hydrogen) atoms. The van der Waals surface area contributed by atoms with Gasteiger partial charge in [0.15, 0.2) is 0 Å². The van der Waals surface area contributed by atoms with Gasteiger partial charge in [0, 0.05) is 4.47 Å². The normalized spacial score (nSPS) is 10.3. The average Bonchev–Trinajstić information content (AvgIpc) is 2.60. The maximum absolute atomic E-state index is 10.6. The summed E-state index contributed by atoms with van der Waals surface area (Å²) in [7, 11) is 0. The molecule has 0 atom stereocenters. The van der Waals surface area contributed by atoms with Crippen LogP contribution in [0.2, 0.25) is 0 Å². The molecule has 0 radical (unpaired) electrons. The summed E-state index contributed by atoms with van der Waals surface area (Å²) < 4.78 is 2.17. The molecule has 0 aliphatic rings. The first-order valence-corrected chi connectivity index (χ1v) is 5.12. The van der Waals surface area contributed by atoms with E-state index < -0.39 is 4.92 Å². The summed E-state index contributed by atoms with van der Waals surface area (Å²) in [6, 6.07) is 7.18. The highest BCUT2D eigenvalue weighted by atomic mass is 79.9. The minimum absolute atomic E-state index is 0.0168. The molecular weight excluding hydrogens is 276 g/mol. The molecule has 0 aliphatic carbocycles. The Hall–Kier alpha value is -1.89. The van der Waals surface area contributed by atoms with Crippen LogP contribution in [0.25, 0.3) is 5.69 Å². The molecule has 0 saturated heterocycles. The number of hydrogen-bond acceptors (Lipinski definition) is 4. The van der Waals surface area contributed by atoms with E-state index in [2.05, 4.69) is 21.0 Å². The van der Waals surface area contributed by atoms with Crippen LogP contribution in [0.4, 0.5) is 11.5 Å². The Bertz CT molecular complexity index is 552. The van der Waals surface area contributed by atoms with Crippen LogP contribution in [-0.4, -0.2) is 14.7 Å². The molecule has 1 aromatic heterocycles. The van der Waals surface area contributed by atoms with E-state index in [0.717, 1.165) is 10.7 Å². The zero-order valence-electron chi connectivity index (χ0n) is 8.00. The Morgan fingerprint density at radius 3 is 2.81 bits per heavy atom. The predicted octanol–water partition coefficient (Wildman–Crippen LogP) is 2.13. The second-order valence-electron chi connectivity index (χ2n) is 3.06. The molecule has 2 N–H and O–H groups in total. The molecule has 6 nitrogen and oxygen atoms in total. The maximum atomic E-state index is 10.6. The molecule has 0 unspecified atom stereocenters. The fourth-order valence-corrected chi connectivity index (χ4v) is 1.69. The Labute approximate surface area is 99.0 Å². The SMILES string of the molecule is Nc1c([N+](=O)[O-])cnn1-c1cccc(Br)c1. The van der Waals surface area contributed by atoms with Gasteiger partial charge in [0.05, 0.1) is 10.6 Å². The lowest BCUT2D eigenvalue weighted by molar-refractivity contribution is -0.383. The van der Waals surface area contributed by atoms with E-state index in [1.54, 1.807) is 18.2 Å². The van der Waals surface area contributed by atoms with Crippen LogP contribution in [0.3, 0.4) is 0 Å².